The molecule has 1 aromatic carbocycles. The van der Waals surface area contributed by atoms with Crippen molar-refractivity contribution in [3.05, 3.63) is 29.3 Å². The molecule has 1 N–H and O–H groups in total. The normalized spacial score (nSPS) is 22.8. The lowest BCUT2D eigenvalue weighted by Crippen LogP contribution is -2.31. The molecule has 4 nitrogen and oxygen atoms in total. The molecule has 1 heterocycles. The summed E-state index contributed by atoms with van der Waals surface area (Å²) in [6.45, 7) is 4.76. The van der Waals surface area contributed by atoms with Gasteiger partial charge >= 0.3 is 5.97 Å². The van der Waals surface area contributed by atoms with Gasteiger partial charge in [-0.3, -0.25) is 4.79 Å². The summed E-state index contributed by atoms with van der Waals surface area (Å²) in [4.78, 5) is 11.4. The van der Waals surface area contributed by atoms with Crippen LogP contribution in [-0.4, -0.2) is 31.8 Å². The molecule has 0 bridgehead atoms. The molecule has 0 amide bonds. The maximum absolute atomic E-state index is 11.4. The highest BCUT2D eigenvalue weighted by molar-refractivity contribution is 5.76. The molecule has 18 heavy (non-hydrogen) atoms. The average Bonchev–Trinajstić information content (AvgIpc) is 2.80. The summed E-state index contributed by atoms with van der Waals surface area (Å²) < 4.78 is 10.6. The summed E-state index contributed by atoms with van der Waals surface area (Å²) in [5, 5.41) is 3.11. The van der Waals surface area contributed by atoms with Crippen LogP contribution in [0, 0.1) is 13.8 Å². The highest BCUT2D eigenvalue weighted by atomic mass is 16.5. The molecular formula is C14H19NO3. The van der Waals surface area contributed by atoms with Crippen LogP contribution < -0.4 is 10.1 Å². The van der Waals surface area contributed by atoms with E-state index in [4.69, 9.17) is 9.47 Å². The lowest BCUT2D eigenvalue weighted by molar-refractivity contribution is -0.142. The minimum atomic E-state index is -0.245. The number of carbonyl (C=O) groups is 1. The van der Waals surface area contributed by atoms with Gasteiger partial charge in [0.05, 0.1) is 7.11 Å². The smallest absolute Gasteiger partial charge is 0.323 e. The first-order chi connectivity index (χ1) is 8.60. The third-order valence-corrected chi connectivity index (χ3v) is 3.20. The maximum Gasteiger partial charge on any atom is 0.323 e. The van der Waals surface area contributed by atoms with Crippen LogP contribution in [-0.2, 0) is 9.53 Å². The third-order valence-electron chi connectivity index (χ3n) is 3.20. The van der Waals surface area contributed by atoms with Crippen LogP contribution in [0.2, 0.25) is 0 Å². The molecule has 1 aliphatic rings. The Balaban J connectivity index is 1.97. The summed E-state index contributed by atoms with van der Waals surface area (Å²) >= 11 is 0. The number of nitrogens with one attached hydrogen (secondary N) is 1. The lowest BCUT2D eigenvalue weighted by atomic mass is 10.1. The number of aryl methyl sites for hydroxylation is 2. The standard InChI is InChI=1S/C14H19NO3/c1-9-4-5-13(10(2)6-9)18-11-7-12(15-8-11)14(16)17-3/h4-6,11-12,15H,7-8H2,1-3H3/t11?,12-/m0/s1. The van der Waals surface area contributed by atoms with E-state index in [1.54, 1.807) is 0 Å². The van der Waals surface area contributed by atoms with E-state index < -0.39 is 0 Å². The molecule has 4 heteroatoms. The average molecular weight is 249 g/mol. The molecule has 0 radical (unpaired) electrons. The highest BCUT2D eigenvalue weighted by Gasteiger charge is 2.31. The van der Waals surface area contributed by atoms with Gasteiger partial charge in [-0.15, -0.1) is 0 Å². The molecule has 1 aromatic rings. The van der Waals surface area contributed by atoms with Gasteiger partial charge in [-0.25, -0.2) is 0 Å². The Morgan fingerprint density at radius 2 is 2.17 bits per heavy atom. The highest BCUT2D eigenvalue weighted by Crippen LogP contribution is 2.22. The van der Waals surface area contributed by atoms with Crippen LogP contribution in [0.5, 0.6) is 5.75 Å². The van der Waals surface area contributed by atoms with Gasteiger partial charge in [0.25, 0.3) is 0 Å². The van der Waals surface area contributed by atoms with E-state index in [9.17, 15) is 4.79 Å². The van der Waals surface area contributed by atoms with Crippen molar-refractivity contribution in [2.45, 2.75) is 32.4 Å². The van der Waals surface area contributed by atoms with Crippen molar-refractivity contribution >= 4 is 5.97 Å². The van der Waals surface area contributed by atoms with Crippen molar-refractivity contribution in [1.29, 1.82) is 0 Å². The number of rotatable bonds is 3. The minimum Gasteiger partial charge on any atom is -0.489 e. The van der Waals surface area contributed by atoms with Gasteiger partial charge in [0.2, 0.25) is 0 Å². The van der Waals surface area contributed by atoms with E-state index in [-0.39, 0.29) is 18.1 Å². The molecule has 1 fully saturated rings. The van der Waals surface area contributed by atoms with Crippen molar-refractivity contribution in [2.75, 3.05) is 13.7 Å². The van der Waals surface area contributed by atoms with Gasteiger partial charge in [0.15, 0.2) is 0 Å². The molecule has 0 saturated carbocycles. The SMILES string of the molecule is COC(=O)[C@@H]1CC(Oc2ccc(C)cc2C)CN1. The molecule has 1 aliphatic heterocycles. The second kappa shape index (κ2) is 5.40. The topological polar surface area (TPSA) is 47.6 Å². The summed E-state index contributed by atoms with van der Waals surface area (Å²) in [7, 11) is 1.41. The fourth-order valence-electron chi connectivity index (χ4n) is 2.23. The van der Waals surface area contributed by atoms with Crippen LogP contribution in [0.3, 0.4) is 0 Å². The van der Waals surface area contributed by atoms with Gasteiger partial charge in [-0.05, 0) is 25.5 Å². The quantitative estimate of drug-likeness (QED) is 0.826. The van der Waals surface area contributed by atoms with E-state index in [0.717, 1.165) is 11.3 Å². The van der Waals surface area contributed by atoms with Crippen LogP contribution in [0.15, 0.2) is 18.2 Å². The van der Waals surface area contributed by atoms with E-state index in [2.05, 4.69) is 18.3 Å². The number of carbonyl (C=O) groups excluding carboxylic acids is 1. The number of esters is 1. The molecule has 1 saturated heterocycles. The summed E-state index contributed by atoms with van der Waals surface area (Å²) in [5.74, 6) is 0.666. The fraction of sp³-hybridized carbons (Fsp3) is 0.500. The maximum atomic E-state index is 11.4. The van der Waals surface area contributed by atoms with Crippen molar-refractivity contribution in [1.82, 2.24) is 5.32 Å². The zero-order valence-electron chi connectivity index (χ0n) is 11.0. The number of hydrogen-bond donors (Lipinski definition) is 1. The Morgan fingerprint density at radius 1 is 1.39 bits per heavy atom. The van der Waals surface area contributed by atoms with Crippen molar-refractivity contribution in [3.63, 3.8) is 0 Å². The van der Waals surface area contributed by atoms with Gasteiger partial charge in [-0.2, -0.15) is 0 Å². The Morgan fingerprint density at radius 3 is 2.83 bits per heavy atom. The second-order valence-electron chi connectivity index (χ2n) is 4.73. The summed E-state index contributed by atoms with van der Waals surface area (Å²) in [6.07, 6.45) is 0.676. The number of methoxy groups -OCH3 is 1. The molecule has 98 valence electrons. The Bertz CT molecular complexity index is 445. The van der Waals surface area contributed by atoms with E-state index in [1.807, 2.05) is 19.1 Å². The zero-order valence-corrected chi connectivity index (χ0v) is 11.0. The van der Waals surface area contributed by atoms with Crippen LogP contribution in [0.4, 0.5) is 0 Å². The predicted molar refractivity (Wildman–Crippen MR) is 68.8 cm³/mol. The van der Waals surface area contributed by atoms with Crippen molar-refractivity contribution in [2.24, 2.45) is 0 Å². The van der Waals surface area contributed by atoms with Crippen molar-refractivity contribution in [3.8, 4) is 5.75 Å². The van der Waals surface area contributed by atoms with Crippen LogP contribution >= 0.6 is 0 Å². The van der Waals surface area contributed by atoms with Crippen molar-refractivity contribution < 1.29 is 14.3 Å². The molecular weight excluding hydrogens is 230 g/mol. The first-order valence-corrected chi connectivity index (χ1v) is 6.15. The monoisotopic (exact) mass is 249 g/mol. The second-order valence-corrected chi connectivity index (χ2v) is 4.73. The van der Waals surface area contributed by atoms with Gasteiger partial charge in [-0.1, -0.05) is 17.7 Å². The van der Waals surface area contributed by atoms with E-state index in [0.29, 0.717) is 13.0 Å². The molecule has 2 atom stereocenters. The number of benzene rings is 1. The van der Waals surface area contributed by atoms with Crippen LogP contribution in [0.1, 0.15) is 17.5 Å². The third kappa shape index (κ3) is 2.82. The molecule has 0 aromatic heterocycles. The minimum absolute atomic E-state index is 0.0236. The van der Waals surface area contributed by atoms with Gasteiger partial charge < -0.3 is 14.8 Å². The predicted octanol–water partition coefficient (Wildman–Crippen LogP) is 1.59. The molecule has 2 rings (SSSR count). The number of ether oxygens (including phenoxy) is 2. The number of hydrogen-bond acceptors (Lipinski definition) is 4. The Kier molecular flexibility index (Phi) is 3.87. The zero-order chi connectivity index (χ0) is 13.1. The van der Waals surface area contributed by atoms with Gasteiger partial charge in [0, 0.05) is 13.0 Å². The summed E-state index contributed by atoms with van der Waals surface area (Å²) in [6, 6.07) is 5.86. The lowest BCUT2D eigenvalue weighted by Gasteiger charge is -2.15. The molecule has 0 aliphatic carbocycles. The van der Waals surface area contributed by atoms with Crippen LogP contribution in [0.25, 0.3) is 0 Å². The molecule has 0 spiro atoms. The first kappa shape index (κ1) is 12.9. The Hall–Kier alpha value is -1.55. The summed E-state index contributed by atoms with van der Waals surface area (Å²) in [5.41, 5.74) is 2.34. The van der Waals surface area contributed by atoms with E-state index >= 15 is 0 Å². The first-order valence-electron chi connectivity index (χ1n) is 6.15. The van der Waals surface area contributed by atoms with E-state index in [1.165, 1.54) is 12.7 Å². The Labute approximate surface area is 107 Å². The largest absolute Gasteiger partial charge is 0.489 e. The van der Waals surface area contributed by atoms with Gasteiger partial charge in [0.1, 0.15) is 17.9 Å². The fourth-order valence-corrected chi connectivity index (χ4v) is 2.23. The molecule has 1 unspecified atom stereocenters.